The first-order chi connectivity index (χ1) is 10.2. The molecule has 1 unspecified atom stereocenters. The maximum Gasteiger partial charge on any atom is 0.254 e. The standard InChI is InChI=1S/C16H24N2O3/c1-17-10-12-5-4-8-18(11-12)16(19)13-6-7-14(20-2)15(9-13)21-3/h6-7,9,12,17H,4-5,8,10-11H2,1-3H3. The second-order valence-corrected chi connectivity index (χ2v) is 5.39. The van der Waals surface area contributed by atoms with Gasteiger partial charge in [-0.3, -0.25) is 4.79 Å². The maximum atomic E-state index is 12.6. The van der Waals surface area contributed by atoms with Crippen molar-refractivity contribution in [3.63, 3.8) is 0 Å². The van der Waals surface area contributed by atoms with Gasteiger partial charge in [0, 0.05) is 18.7 Å². The Morgan fingerprint density at radius 1 is 1.33 bits per heavy atom. The minimum absolute atomic E-state index is 0.0664. The molecule has 1 saturated heterocycles. The van der Waals surface area contributed by atoms with Crippen LogP contribution < -0.4 is 14.8 Å². The number of methoxy groups -OCH3 is 2. The highest BCUT2D eigenvalue weighted by atomic mass is 16.5. The normalized spacial score (nSPS) is 18.4. The lowest BCUT2D eigenvalue weighted by Crippen LogP contribution is -2.42. The molecule has 0 bridgehead atoms. The molecule has 0 spiro atoms. The number of carbonyl (C=O) groups is 1. The van der Waals surface area contributed by atoms with E-state index in [1.807, 2.05) is 11.9 Å². The van der Waals surface area contributed by atoms with Crippen LogP contribution in [-0.4, -0.2) is 51.7 Å². The Morgan fingerprint density at radius 3 is 2.76 bits per heavy atom. The van der Waals surface area contributed by atoms with E-state index in [2.05, 4.69) is 5.32 Å². The molecule has 0 radical (unpaired) electrons. The number of hydrogen-bond donors (Lipinski definition) is 1. The molecule has 1 heterocycles. The Hall–Kier alpha value is -1.75. The Kier molecular flexibility index (Phi) is 5.44. The third kappa shape index (κ3) is 3.67. The molecular weight excluding hydrogens is 268 g/mol. The molecular formula is C16H24N2O3. The van der Waals surface area contributed by atoms with Gasteiger partial charge in [0.25, 0.3) is 5.91 Å². The van der Waals surface area contributed by atoms with E-state index in [4.69, 9.17) is 9.47 Å². The van der Waals surface area contributed by atoms with Gasteiger partial charge in [0.05, 0.1) is 14.2 Å². The van der Waals surface area contributed by atoms with Crippen molar-refractivity contribution < 1.29 is 14.3 Å². The maximum absolute atomic E-state index is 12.6. The number of carbonyl (C=O) groups excluding carboxylic acids is 1. The number of rotatable bonds is 5. The van der Waals surface area contributed by atoms with Crippen molar-refractivity contribution in [1.29, 1.82) is 0 Å². The number of benzene rings is 1. The highest BCUT2D eigenvalue weighted by molar-refractivity contribution is 5.95. The number of amides is 1. The molecule has 0 aromatic heterocycles. The first kappa shape index (κ1) is 15.6. The van der Waals surface area contributed by atoms with Gasteiger partial charge >= 0.3 is 0 Å². The van der Waals surface area contributed by atoms with E-state index in [9.17, 15) is 4.79 Å². The minimum Gasteiger partial charge on any atom is -0.493 e. The second kappa shape index (κ2) is 7.31. The van der Waals surface area contributed by atoms with Gasteiger partial charge in [-0.25, -0.2) is 0 Å². The molecule has 116 valence electrons. The lowest BCUT2D eigenvalue weighted by molar-refractivity contribution is 0.0674. The summed E-state index contributed by atoms with van der Waals surface area (Å²) in [5, 5.41) is 3.20. The van der Waals surface area contributed by atoms with E-state index >= 15 is 0 Å². The van der Waals surface area contributed by atoms with Gasteiger partial charge < -0.3 is 19.7 Å². The molecule has 1 fully saturated rings. The first-order valence-corrected chi connectivity index (χ1v) is 7.35. The largest absolute Gasteiger partial charge is 0.493 e. The summed E-state index contributed by atoms with van der Waals surface area (Å²) in [5.41, 5.74) is 0.651. The van der Waals surface area contributed by atoms with E-state index in [-0.39, 0.29) is 5.91 Å². The summed E-state index contributed by atoms with van der Waals surface area (Å²) in [6, 6.07) is 5.33. The molecule has 1 atom stereocenters. The van der Waals surface area contributed by atoms with Gasteiger partial charge in [-0.15, -0.1) is 0 Å². The average molecular weight is 292 g/mol. The third-order valence-corrected chi connectivity index (χ3v) is 3.93. The zero-order chi connectivity index (χ0) is 15.2. The van der Waals surface area contributed by atoms with Crippen LogP contribution in [0.1, 0.15) is 23.2 Å². The first-order valence-electron chi connectivity index (χ1n) is 7.35. The number of nitrogens with one attached hydrogen (secondary N) is 1. The fraction of sp³-hybridized carbons (Fsp3) is 0.562. The number of likely N-dealkylation sites (tertiary alicyclic amines) is 1. The van der Waals surface area contributed by atoms with Gasteiger partial charge in [-0.2, -0.15) is 0 Å². The fourth-order valence-corrected chi connectivity index (χ4v) is 2.86. The third-order valence-electron chi connectivity index (χ3n) is 3.93. The molecule has 2 rings (SSSR count). The molecule has 1 aliphatic heterocycles. The van der Waals surface area contributed by atoms with Gasteiger partial charge in [-0.1, -0.05) is 0 Å². The van der Waals surface area contributed by atoms with Gasteiger partial charge in [0.1, 0.15) is 0 Å². The van der Waals surface area contributed by atoms with Gasteiger partial charge in [-0.05, 0) is 50.6 Å². The summed E-state index contributed by atoms with van der Waals surface area (Å²) in [6.45, 7) is 2.59. The van der Waals surface area contributed by atoms with Crippen LogP contribution in [0.15, 0.2) is 18.2 Å². The lowest BCUT2D eigenvalue weighted by atomic mass is 9.97. The van der Waals surface area contributed by atoms with Crippen molar-refractivity contribution in [1.82, 2.24) is 10.2 Å². The van der Waals surface area contributed by atoms with Crippen molar-refractivity contribution >= 4 is 5.91 Å². The van der Waals surface area contributed by atoms with E-state index in [1.54, 1.807) is 32.4 Å². The molecule has 5 nitrogen and oxygen atoms in total. The molecule has 0 saturated carbocycles. The molecule has 1 aromatic rings. The summed E-state index contributed by atoms with van der Waals surface area (Å²) < 4.78 is 10.5. The molecule has 1 N–H and O–H groups in total. The Bertz CT molecular complexity index is 488. The van der Waals surface area contributed by atoms with Crippen molar-refractivity contribution in [3.05, 3.63) is 23.8 Å². The SMILES string of the molecule is CNCC1CCCN(C(=O)c2ccc(OC)c(OC)c2)C1. The van der Waals surface area contributed by atoms with Crippen LogP contribution >= 0.6 is 0 Å². The Morgan fingerprint density at radius 2 is 2.10 bits per heavy atom. The second-order valence-electron chi connectivity index (χ2n) is 5.39. The average Bonchev–Trinajstić information content (AvgIpc) is 2.54. The van der Waals surface area contributed by atoms with Crippen LogP contribution in [0.25, 0.3) is 0 Å². The van der Waals surface area contributed by atoms with E-state index < -0.39 is 0 Å². The summed E-state index contributed by atoms with van der Waals surface area (Å²) in [4.78, 5) is 14.6. The number of nitrogens with zero attached hydrogens (tertiary/aromatic N) is 1. The fourth-order valence-electron chi connectivity index (χ4n) is 2.86. The topological polar surface area (TPSA) is 50.8 Å². The van der Waals surface area contributed by atoms with Crippen LogP contribution in [0.4, 0.5) is 0 Å². The van der Waals surface area contributed by atoms with Crippen molar-refractivity contribution in [2.75, 3.05) is 40.9 Å². The lowest BCUT2D eigenvalue weighted by Gasteiger charge is -2.32. The predicted molar refractivity (Wildman–Crippen MR) is 82.1 cm³/mol. The monoisotopic (exact) mass is 292 g/mol. The smallest absolute Gasteiger partial charge is 0.254 e. The zero-order valence-electron chi connectivity index (χ0n) is 13.0. The summed E-state index contributed by atoms with van der Waals surface area (Å²) >= 11 is 0. The summed E-state index contributed by atoms with van der Waals surface area (Å²) in [6.07, 6.45) is 2.24. The van der Waals surface area contributed by atoms with Crippen LogP contribution in [0.5, 0.6) is 11.5 Å². The van der Waals surface area contributed by atoms with Gasteiger partial charge in [0.15, 0.2) is 11.5 Å². The van der Waals surface area contributed by atoms with E-state index in [0.29, 0.717) is 23.0 Å². The highest BCUT2D eigenvalue weighted by Crippen LogP contribution is 2.28. The number of piperidine rings is 1. The summed E-state index contributed by atoms with van der Waals surface area (Å²) in [7, 11) is 5.12. The van der Waals surface area contributed by atoms with Crippen molar-refractivity contribution in [3.8, 4) is 11.5 Å². The molecule has 21 heavy (non-hydrogen) atoms. The zero-order valence-corrected chi connectivity index (χ0v) is 13.0. The minimum atomic E-state index is 0.0664. The van der Waals surface area contributed by atoms with Crippen molar-refractivity contribution in [2.24, 2.45) is 5.92 Å². The summed E-state index contributed by atoms with van der Waals surface area (Å²) in [5.74, 6) is 1.83. The van der Waals surface area contributed by atoms with E-state index in [0.717, 1.165) is 26.1 Å². The molecule has 1 amide bonds. The quantitative estimate of drug-likeness (QED) is 0.899. The van der Waals surface area contributed by atoms with Crippen LogP contribution in [0, 0.1) is 5.92 Å². The molecule has 1 aromatic carbocycles. The predicted octanol–water partition coefficient (Wildman–Crippen LogP) is 1.78. The number of hydrogen-bond acceptors (Lipinski definition) is 4. The van der Waals surface area contributed by atoms with Gasteiger partial charge in [0.2, 0.25) is 0 Å². The molecule has 0 aliphatic carbocycles. The molecule has 5 heteroatoms. The van der Waals surface area contributed by atoms with Crippen LogP contribution in [0.3, 0.4) is 0 Å². The van der Waals surface area contributed by atoms with Crippen LogP contribution in [-0.2, 0) is 0 Å². The Labute approximate surface area is 126 Å². The van der Waals surface area contributed by atoms with Crippen molar-refractivity contribution in [2.45, 2.75) is 12.8 Å². The molecule has 1 aliphatic rings. The highest BCUT2D eigenvalue weighted by Gasteiger charge is 2.24. The van der Waals surface area contributed by atoms with E-state index in [1.165, 1.54) is 6.42 Å². The Balaban J connectivity index is 2.12. The number of ether oxygens (including phenoxy) is 2. The van der Waals surface area contributed by atoms with Crippen LogP contribution in [0.2, 0.25) is 0 Å².